The number of ether oxygens (including phenoxy) is 2. The number of hydrogen-bond donors (Lipinski definition) is 1. The minimum Gasteiger partial charge on any atom is -0.490 e. The van der Waals surface area contributed by atoms with E-state index < -0.39 is 0 Å². The predicted octanol–water partition coefficient (Wildman–Crippen LogP) is 2.86. The Kier molecular flexibility index (Phi) is 3.38. The van der Waals surface area contributed by atoms with Crippen LogP contribution in [0.4, 0.5) is 11.4 Å². The van der Waals surface area contributed by atoms with E-state index in [0.717, 1.165) is 23.6 Å². The van der Waals surface area contributed by atoms with E-state index in [1.807, 2.05) is 24.3 Å². The molecule has 0 saturated carbocycles. The zero-order chi connectivity index (χ0) is 13.8. The van der Waals surface area contributed by atoms with E-state index in [2.05, 4.69) is 16.4 Å². The normalized spacial score (nSPS) is 13.2. The van der Waals surface area contributed by atoms with E-state index in [1.165, 1.54) is 0 Å². The van der Waals surface area contributed by atoms with E-state index in [9.17, 15) is 0 Å². The van der Waals surface area contributed by atoms with Gasteiger partial charge >= 0.3 is 0 Å². The van der Waals surface area contributed by atoms with Crippen molar-refractivity contribution in [2.45, 2.75) is 6.42 Å². The lowest BCUT2D eigenvalue weighted by molar-refractivity contribution is 0.297. The van der Waals surface area contributed by atoms with Crippen LogP contribution in [0.3, 0.4) is 0 Å². The number of fused-ring (bicyclic) bond motifs is 1. The molecular formula is C15H13N3O2. The Morgan fingerprint density at radius 3 is 2.85 bits per heavy atom. The highest BCUT2D eigenvalue weighted by atomic mass is 16.5. The second-order valence-electron chi connectivity index (χ2n) is 4.35. The summed E-state index contributed by atoms with van der Waals surface area (Å²) in [6, 6.07) is 11.3. The zero-order valence-electron chi connectivity index (χ0n) is 10.8. The summed E-state index contributed by atoms with van der Waals surface area (Å²) in [5.41, 5.74) is 1.86. The number of nitrogens with zero attached hydrogens (tertiary/aromatic N) is 2. The topological polar surface area (TPSA) is 67.2 Å². The highest BCUT2D eigenvalue weighted by Crippen LogP contribution is 2.33. The molecule has 2 aromatic rings. The van der Waals surface area contributed by atoms with Crippen LogP contribution in [-0.4, -0.2) is 18.2 Å². The van der Waals surface area contributed by atoms with Gasteiger partial charge in [-0.05, 0) is 24.3 Å². The third-order valence-corrected chi connectivity index (χ3v) is 2.94. The van der Waals surface area contributed by atoms with Crippen molar-refractivity contribution in [3.05, 3.63) is 42.2 Å². The average Bonchev–Trinajstić information content (AvgIpc) is 2.72. The van der Waals surface area contributed by atoms with Crippen LogP contribution in [0.5, 0.6) is 11.5 Å². The van der Waals surface area contributed by atoms with E-state index in [0.29, 0.717) is 24.6 Å². The molecule has 0 fully saturated rings. The van der Waals surface area contributed by atoms with Gasteiger partial charge in [-0.3, -0.25) is 0 Å². The molecule has 5 heteroatoms. The molecule has 0 saturated heterocycles. The molecule has 1 N–H and O–H groups in total. The molecule has 0 aliphatic carbocycles. The summed E-state index contributed by atoms with van der Waals surface area (Å²) in [4.78, 5) is 4.02. The summed E-state index contributed by atoms with van der Waals surface area (Å²) in [6.07, 6.45) is 2.47. The van der Waals surface area contributed by atoms with Gasteiger partial charge in [0, 0.05) is 24.4 Å². The van der Waals surface area contributed by atoms with Crippen molar-refractivity contribution in [2.75, 3.05) is 18.5 Å². The maximum absolute atomic E-state index is 9.03. The summed E-state index contributed by atoms with van der Waals surface area (Å²) in [7, 11) is 0. The first-order valence-corrected chi connectivity index (χ1v) is 6.38. The third-order valence-electron chi connectivity index (χ3n) is 2.94. The number of pyridine rings is 1. The van der Waals surface area contributed by atoms with Crippen LogP contribution in [-0.2, 0) is 0 Å². The summed E-state index contributed by atoms with van der Waals surface area (Å²) < 4.78 is 11.2. The van der Waals surface area contributed by atoms with Gasteiger partial charge < -0.3 is 14.8 Å². The van der Waals surface area contributed by atoms with E-state index in [1.54, 1.807) is 12.3 Å². The molecule has 0 radical (unpaired) electrons. The van der Waals surface area contributed by atoms with Crippen LogP contribution in [0.2, 0.25) is 0 Å². The largest absolute Gasteiger partial charge is 0.490 e. The molecule has 0 unspecified atom stereocenters. The van der Waals surface area contributed by atoms with Crippen molar-refractivity contribution in [2.24, 2.45) is 0 Å². The zero-order valence-corrected chi connectivity index (χ0v) is 10.8. The number of nitriles is 1. The summed E-state index contributed by atoms with van der Waals surface area (Å²) >= 11 is 0. The Morgan fingerprint density at radius 2 is 2.00 bits per heavy atom. The Bertz CT molecular complexity index is 664. The molecule has 20 heavy (non-hydrogen) atoms. The Morgan fingerprint density at radius 1 is 1.15 bits per heavy atom. The Hall–Kier alpha value is -2.74. The van der Waals surface area contributed by atoms with Gasteiger partial charge in [0.25, 0.3) is 0 Å². The standard InChI is InChI=1S/C15H13N3O2/c16-10-13-12(3-1-6-17-13)18-11-4-5-14-15(9-11)20-8-2-7-19-14/h1,3-6,9,18H,2,7-8H2. The molecular weight excluding hydrogens is 254 g/mol. The molecule has 100 valence electrons. The van der Waals surface area contributed by atoms with Crippen LogP contribution in [0.25, 0.3) is 0 Å². The lowest BCUT2D eigenvalue weighted by Crippen LogP contribution is -1.97. The number of anilines is 2. The highest BCUT2D eigenvalue weighted by molar-refractivity contribution is 5.66. The summed E-state index contributed by atoms with van der Waals surface area (Å²) in [6.45, 7) is 1.31. The van der Waals surface area contributed by atoms with E-state index in [-0.39, 0.29) is 0 Å². The highest BCUT2D eigenvalue weighted by Gasteiger charge is 2.11. The van der Waals surface area contributed by atoms with E-state index >= 15 is 0 Å². The lowest BCUT2D eigenvalue weighted by atomic mass is 10.2. The van der Waals surface area contributed by atoms with Crippen LogP contribution >= 0.6 is 0 Å². The average molecular weight is 267 g/mol. The number of hydrogen-bond acceptors (Lipinski definition) is 5. The van der Waals surface area contributed by atoms with Crippen molar-refractivity contribution in [1.29, 1.82) is 5.26 Å². The van der Waals surface area contributed by atoms with Gasteiger partial charge in [0.2, 0.25) is 0 Å². The second kappa shape index (κ2) is 5.49. The molecule has 1 aliphatic rings. The molecule has 3 rings (SSSR count). The van der Waals surface area contributed by atoms with Gasteiger partial charge in [0.05, 0.1) is 18.9 Å². The SMILES string of the molecule is N#Cc1ncccc1Nc1ccc2c(c1)OCCCO2. The number of aromatic nitrogens is 1. The minimum absolute atomic E-state index is 0.361. The van der Waals surface area contributed by atoms with E-state index in [4.69, 9.17) is 14.7 Å². The monoisotopic (exact) mass is 267 g/mol. The molecule has 0 spiro atoms. The quantitative estimate of drug-likeness (QED) is 0.906. The van der Waals surface area contributed by atoms with Gasteiger partial charge in [0.15, 0.2) is 17.2 Å². The number of nitrogens with one attached hydrogen (secondary N) is 1. The van der Waals surface area contributed by atoms with Gasteiger partial charge in [-0.2, -0.15) is 5.26 Å². The molecule has 1 aromatic heterocycles. The third kappa shape index (κ3) is 2.50. The predicted molar refractivity (Wildman–Crippen MR) is 74.3 cm³/mol. The smallest absolute Gasteiger partial charge is 0.163 e. The van der Waals surface area contributed by atoms with Crippen LogP contribution < -0.4 is 14.8 Å². The first-order valence-electron chi connectivity index (χ1n) is 6.38. The summed E-state index contributed by atoms with van der Waals surface area (Å²) in [5, 5.41) is 12.2. The fourth-order valence-corrected chi connectivity index (χ4v) is 1.99. The second-order valence-corrected chi connectivity index (χ2v) is 4.35. The Labute approximate surface area is 116 Å². The van der Waals surface area contributed by atoms with Crippen LogP contribution in [0.1, 0.15) is 12.1 Å². The fraction of sp³-hybridized carbons (Fsp3) is 0.200. The number of rotatable bonds is 2. The maximum atomic E-state index is 9.03. The fourth-order valence-electron chi connectivity index (χ4n) is 1.99. The molecule has 0 atom stereocenters. The van der Waals surface area contributed by atoms with Crippen molar-refractivity contribution >= 4 is 11.4 Å². The lowest BCUT2D eigenvalue weighted by Gasteiger charge is -2.11. The van der Waals surface area contributed by atoms with Crippen molar-refractivity contribution < 1.29 is 9.47 Å². The van der Waals surface area contributed by atoms with Crippen molar-refractivity contribution in [3.8, 4) is 17.6 Å². The van der Waals surface area contributed by atoms with Crippen LogP contribution in [0.15, 0.2) is 36.5 Å². The summed E-state index contributed by atoms with van der Waals surface area (Å²) in [5.74, 6) is 1.47. The van der Waals surface area contributed by atoms with Crippen molar-refractivity contribution in [1.82, 2.24) is 4.98 Å². The van der Waals surface area contributed by atoms with Gasteiger partial charge in [-0.15, -0.1) is 0 Å². The van der Waals surface area contributed by atoms with Gasteiger partial charge in [0.1, 0.15) is 6.07 Å². The molecule has 5 nitrogen and oxygen atoms in total. The van der Waals surface area contributed by atoms with Gasteiger partial charge in [-0.1, -0.05) is 0 Å². The number of benzene rings is 1. The minimum atomic E-state index is 0.361. The van der Waals surface area contributed by atoms with Gasteiger partial charge in [-0.25, -0.2) is 4.98 Å². The first kappa shape index (κ1) is 12.3. The Balaban J connectivity index is 1.88. The molecule has 2 heterocycles. The molecule has 1 aliphatic heterocycles. The maximum Gasteiger partial charge on any atom is 0.163 e. The molecule has 1 aromatic carbocycles. The van der Waals surface area contributed by atoms with Crippen molar-refractivity contribution in [3.63, 3.8) is 0 Å². The molecule has 0 bridgehead atoms. The molecule has 0 amide bonds. The van der Waals surface area contributed by atoms with Crippen LogP contribution in [0, 0.1) is 11.3 Å². The first-order chi connectivity index (χ1) is 9.86.